The monoisotopic (exact) mass is 602 g/mol. The van der Waals surface area contributed by atoms with E-state index in [-0.39, 0.29) is 5.11 Å². The lowest BCUT2D eigenvalue weighted by Gasteiger charge is -2.08. The predicted molar refractivity (Wildman–Crippen MR) is 143 cm³/mol. The maximum absolute atomic E-state index is 6.33. The second kappa shape index (κ2) is 10.6. The zero-order chi connectivity index (χ0) is 23.5. The molecule has 0 aliphatic heterocycles. The molecule has 0 spiro atoms. The molecule has 0 saturated carbocycles. The summed E-state index contributed by atoms with van der Waals surface area (Å²) in [6.45, 7) is 0.944. The minimum atomic E-state index is 0.287. The number of thiocarbonyl (C=S) groups is 1. The molecule has 0 atom stereocenters. The molecule has 2 heterocycles. The fraction of sp³-hybridized carbons (Fsp3) is 0.0952. The molecule has 4 rings (SSSR count). The molecule has 0 bridgehead atoms. The SMILES string of the molecule is S=C(Nc1nn(Cc2ccc(Cl)cc2Cl)cc1Cl)Nc1nn(Cc2ccccc2Cl)cc1Br. The lowest BCUT2D eigenvalue weighted by molar-refractivity contribution is 0.689. The minimum absolute atomic E-state index is 0.287. The van der Waals surface area contributed by atoms with Gasteiger partial charge in [0.25, 0.3) is 0 Å². The van der Waals surface area contributed by atoms with Crippen molar-refractivity contribution in [1.29, 1.82) is 0 Å². The predicted octanol–water partition coefficient (Wildman–Crippen LogP) is 7.36. The Morgan fingerprint density at radius 3 is 2.18 bits per heavy atom. The van der Waals surface area contributed by atoms with E-state index in [0.717, 1.165) is 15.6 Å². The molecule has 2 aromatic carbocycles. The van der Waals surface area contributed by atoms with Crippen molar-refractivity contribution in [1.82, 2.24) is 19.6 Å². The van der Waals surface area contributed by atoms with Crippen LogP contribution in [0.1, 0.15) is 11.1 Å². The Labute approximate surface area is 223 Å². The van der Waals surface area contributed by atoms with Gasteiger partial charge in [-0.3, -0.25) is 9.36 Å². The van der Waals surface area contributed by atoms with Crippen molar-refractivity contribution >= 4 is 91.3 Å². The van der Waals surface area contributed by atoms with Crippen molar-refractivity contribution in [3.8, 4) is 0 Å². The van der Waals surface area contributed by atoms with Gasteiger partial charge in [0.05, 0.1) is 17.6 Å². The molecule has 33 heavy (non-hydrogen) atoms. The summed E-state index contributed by atoms with van der Waals surface area (Å²) < 4.78 is 4.16. The van der Waals surface area contributed by atoms with Gasteiger partial charge in [0.1, 0.15) is 5.02 Å². The van der Waals surface area contributed by atoms with E-state index in [1.54, 1.807) is 27.7 Å². The Hall–Kier alpha value is -1.81. The van der Waals surface area contributed by atoms with Gasteiger partial charge < -0.3 is 10.6 Å². The van der Waals surface area contributed by atoms with Crippen molar-refractivity contribution in [2.45, 2.75) is 13.1 Å². The average molecular weight is 605 g/mol. The molecule has 6 nitrogen and oxygen atoms in total. The first-order chi connectivity index (χ1) is 15.8. The van der Waals surface area contributed by atoms with Gasteiger partial charge in [0, 0.05) is 27.5 Å². The van der Waals surface area contributed by atoms with Gasteiger partial charge in [-0.1, -0.05) is 70.7 Å². The fourth-order valence-corrected chi connectivity index (χ4v) is 4.47. The second-order valence-electron chi connectivity index (χ2n) is 6.95. The lowest BCUT2D eigenvalue weighted by atomic mass is 10.2. The van der Waals surface area contributed by atoms with E-state index < -0.39 is 0 Å². The highest BCUT2D eigenvalue weighted by Crippen LogP contribution is 2.26. The summed E-state index contributed by atoms with van der Waals surface area (Å²) in [5.41, 5.74) is 1.82. The third-order valence-corrected chi connectivity index (χ3v) is 6.55. The number of benzene rings is 2. The number of nitrogens with one attached hydrogen (secondary N) is 2. The van der Waals surface area contributed by atoms with E-state index in [1.165, 1.54) is 0 Å². The highest BCUT2D eigenvalue weighted by atomic mass is 79.9. The first-order valence-corrected chi connectivity index (χ1v) is 12.2. The van der Waals surface area contributed by atoms with Gasteiger partial charge in [-0.05, 0) is 57.5 Å². The van der Waals surface area contributed by atoms with E-state index in [4.69, 9.17) is 58.6 Å². The van der Waals surface area contributed by atoms with Crippen molar-refractivity contribution < 1.29 is 0 Å². The average Bonchev–Trinajstić information content (AvgIpc) is 3.27. The maximum atomic E-state index is 6.33. The van der Waals surface area contributed by atoms with E-state index in [0.29, 0.717) is 44.8 Å². The molecule has 0 saturated heterocycles. The summed E-state index contributed by atoms with van der Waals surface area (Å²) in [4.78, 5) is 0. The van der Waals surface area contributed by atoms with Crippen LogP contribution in [0.2, 0.25) is 20.1 Å². The van der Waals surface area contributed by atoms with E-state index >= 15 is 0 Å². The van der Waals surface area contributed by atoms with Crippen molar-refractivity contribution in [2.24, 2.45) is 0 Å². The number of nitrogens with zero attached hydrogens (tertiary/aromatic N) is 4. The summed E-state index contributed by atoms with van der Waals surface area (Å²) in [7, 11) is 0. The number of rotatable bonds is 6. The number of hydrogen-bond acceptors (Lipinski definition) is 3. The third kappa shape index (κ3) is 6.20. The molecule has 0 radical (unpaired) electrons. The summed E-state index contributed by atoms with van der Waals surface area (Å²) in [5.74, 6) is 0.953. The Kier molecular flexibility index (Phi) is 7.83. The first-order valence-electron chi connectivity index (χ1n) is 9.49. The summed E-state index contributed by atoms with van der Waals surface area (Å²) in [5, 5.41) is 17.5. The Bertz CT molecular complexity index is 1320. The fourth-order valence-electron chi connectivity index (χ4n) is 3.00. The van der Waals surface area contributed by atoms with Gasteiger partial charge in [0.15, 0.2) is 16.7 Å². The Morgan fingerprint density at radius 1 is 0.818 bits per heavy atom. The van der Waals surface area contributed by atoms with Gasteiger partial charge >= 0.3 is 0 Å². The molecule has 170 valence electrons. The van der Waals surface area contributed by atoms with Crippen LogP contribution >= 0.6 is 74.6 Å². The van der Waals surface area contributed by atoms with Gasteiger partial charge in [-0.25, -0.2) is 0 Å². The van der Waals surface area contributed by atoms with Gasteiger partial charge in [-0.2, -0.15) is 10.2 Å². The molecule has 2 aromatic heterocycles. The van der Waals surface area contributed by atoms with Crippen LogP contribution in [0.25, 0.3) is 0 Å². The van der Waals surface area contributed by atoms with Gasteiger partial charge in [0.2, 0.25) is 0 Å². The highest BCUT2D eigenvalue weighted by molar-refractivity contribution is 9.10. The van der Waals surface area contributed by atoms with Crippen LogP contribution in [0.15, 0.2) is 59.3 Å². The number of halogens is 5. The molecule has 0 aliphatic carbocycles. The van der Waals surface area contributed by atoms with Crippen LogP contribution in [0, 0.1) is 0 Å². The van der Waals surface area contributed by atoms with E-state index in [1.807, 2.05) is 36.5 Å². The van der Waals surface area contributed by atoms with Crippen LogP contribution in [-0.4, -0.2) is 24.7 Å². The van der Waals surface area contributed by atoms with E-state index in [2.05, 4.69) is 36.8 Å². The largest absolute Gasteiger partial charge is 0.315 e. The highest BCUT2D eigenvalue weighted by Gasteiger charge is 2.13. The van der Waals surface area contributed by atoms with Crippen LogP contribution in [0.4, 0.5) is 11.6 Å². The normalized spacial score (nSPS) is 10.9. The Morgan fingerprint density at radius 2 is 1.45 bits per heavy atom. The maximum Gasteiger partial charge on any atom is 0.177 e. The summed E-state index contributed by atoms with van der Waals surface area (Å²) in [6, 6.07) is 12.9. The minimum Gasteiger partial charge on any atom is -0.315 e. The zero-order valence-electron chi connectivity index (χ0n) is 16.7. The number of hydrogen-bond donors (Lipinski definition) is 2. The zero-order valence-corrected chi connectivity index (χ0v) is 22.1. The molecule has 0 amide bonds. The second-order valence-corrected chi connectivity index (χ2v) is 9.87. The smallest absolute Gasteiger partial charge is 0.177 e. The standard InChI is InChI=1S/C21H15BrCl4N6S/c22-15-10-31(8-12-3-1-2-4-16(12)24)29-19(15)27-21(33)28-20-18(26)11-32(30-20)9-13-5-6-14(23)7-17(13)25/h1-7,10-11H,8-9H2,(H2,27,28,29,30,33). The molecule has 0 fully saturated rings. The molecule has 2 N–H and O–H groups in total. The van der Waals surface area contributed by atoms with Crippen molar-refractivity contribution in [2.75, 3.05) is 10.6 Å². The quantitative estimate of drug-likeness (QED) is 0.225. The lowest BCUT2D eigenvalue weighted by Crippen LogP contribution is -2.20. The molecular weight excluding hydrogens is 590 g/mol. The van der Waals surface area contributed by atoms with Crippen molar-refractivity contribution in [3.63, 3.8) is 0 Å². The Balaban J connectivity index is 1.41. The van der Waals surface area contributed by atoms with Crippen LogP contribution < -0.4 is 10.6 Å². The van der Waals surface area contributed by atoms with Crippen LogP contribution in [-0.2, 0) is 13.1 Å². The molecule has 0 aliphatic rings. The first kappa shape index (κ1) is 24.3. The topological polar surface area (TPSA) is 59.7 Å². The molecule has 4 aromatic rings. The van der Waals surface area contributed by atoms with Crippen LogP contribution in [0.3, 0.4) is 0 Å². The number of anilines is 2. The summed E-state index contributed by atoms with van der Waals surface area (Å²) >= 11 is 33.7. The molecular formula is C21H15BrCl4N6S. The molecule has 12 heteroatoms. The van der Waals surface area contributed by atoms with E-state index in [9.17, 15) is 0 Å². The van der Waals surface area contributed by atoms with Crippen molar-refractivity contribution in [3.05, 3.63) is 90.5 Å². The van der Waals surface area contributed by atoms with Gasteiger partial charge in [-0.15, -0.1) is 0 Å². The molecule has 0 unspecified atom stereocenters. The van der Waals surface area contributed by atoms with Crippen LogP contribution in [0.5, 0.6) is 0 Å². The third-order valence-electron chi connectivity index (χ3n) is 4.54. The number of aromatic nitrogens is 4. The summed E-state index contributed by atoms with van der Waals surface area (Å²) in [6.07, 6.45) is 3.53.